The summed E-state index contributed by atoms with van der Waals surface area (Å²) in [7, 11) is 1.65. The average molecular weight is 273 g/mol. The molecule has 0 fully saturated rings. The molecule has 0 spiro atoms. The first-order valence-electron chi connectivity index (χ1n) is 6.30. The van der Waals surface area contributed by atoms with Gasteiger partial charge in [-0.3, -0.25) is 4.90 Å². The molecule has 0 heterocycles. The summed E-state index contributed by atoms with van der Waals surface area (Å²) in [5.41, 5.74) is 0.757. The average Bonchev–Trinajstić information content (AvgIpc) is 2.35. The number of benzene rings is 1. The number of nitrogens with zero attached hydrogens (tertiary/aromatic N) is 1. The highest BCUT2D eigenvalue weighted by molar-refractivity contribution is 5.33. The number of methoxy groups -OCH3 is 1. The van der Waals surface area contributed by atoms with E-state index in [2.05, 4.69) is 23.5 Å². The molecule has 19 heavy (non-hydrogen) atoms. The van der Waals surface area contributed by atoms with Crippen molar-refractivity contribution in [2.45, 2.75) is 33.0 Å². The minimum absolute atomic E-state index is 0.237. The lowest BCUT2D eigenvalue weighted by molar-refractivity contribution is -0.0508. The molecule has 0 aliphatic heterocycles. The molecule has 0 saturated heterocycles. The Morgan fingerprint density at radius 2 is 1.89 bits per heavy atom. The summed E-state index contributed by atoms with van der Waals surface area (Å²) in [5.74, 6) is 0.237. The predicted molar refractivity (Wildman–Crippen MR) is 70.5 cm³/mol. The van der Waals surface area contributed by atoms with Crippen LogP contribution in [0.3, 0.4) is 0 Å². The molecule has 1 aromatic carbocycles. The Bertz CT molecular complexity index is 372. The van der Waals surface area contributed by atoms with E-state index in [1.54, 1.807) is 25.3 Å². The van der Waals surface area contributed by atoms with Crippen LogP contribution in [0, 0.1) is 0 Å². The van der Waals surface area contributed by atoms with Crippen molar-refractivity contribution in [3.05, 3.63) is 29.8 Å². The van der Waals surface area contributed by atoms with Crippen molar-refractivity contribution in [3.8, 4) is 5.75 Å². The molecule has 1 aromatic rings. The molecule has 0 unspecified atom stereocenters. The van der Waals surface area contributed by atoms with Crippen LogP contribution >= 0.6 is 0 Å². The fourth-order valence-corrected chi connectivity index (χ4v) is 1.79. The van der Waals surface area contributed by atoms with Gasteiger partial charge >= 0.3 is 6.61 Å². The summed E-state index contributed by atoms with van der Waals surface area (Å²) in [6.45, 7) is 3.24. The first kappa shape index (κ1) is 15.9. The van der Waals surface area contributed by atoms with Gasteiger partial charge in [0.2, 0.25) is 0 Å². The molecule has 5 heteroatoms. The summed E-state index contributed by atoms with van der Waals surface area (Å²) in [4.78, 5) is 2.15. The quantitative estimate of drug-likeness (QED) is 0.726. The zero-order chi connectivity index (χ0) is 14.3. The molecule has 1 rings (SSSR count). The highest BCUT2D eigenvalue weighted by atomic mass is 19.3. The fourth-order valence-electron chi connectivity index (χ4n) is 1.79. The number of rotatable bonds is 8. The lowest BCUT2D eigenvalue weighted by Crippen LogP contribution is -2.33. The summed E-state index contributed by atoms with van der Waals surface area (Å²) < 4.78 is 34.3. The van der Waals surface area contributed by atoms with Crippen molar-refractivity contribution in [1.29, 1.82) is 0 Å². The second-order valence-corrected chi connectivity index (χ2v) is 4.54. The topological polar surface area (TPSA) is 21.7 Å². The van der Waals surface area contributed by atoms with E-state index in [-0.39, 0.29) is 5.75 Å². The molecule has 3 nitrogen and oxygen atoms in total. The van der Waals surface area contributed by atoms with Crippen molar-refractivity contribution < 1.29 is 18.3 Å². The zero-order valence-corrected chi connectivity index (χ0v) is 11.6. The van der Waals surface area contributed by atoms with Crippen LogP contribution in [0.15, 0.2) is 24.3 Å². The lowest BCUT2D eigenvalue weighted by Gasteiger charge is -2.27. The Morgan fingerprint density at radius 1 is 1.21 bits per heavy atom. The smallest absolute Gasteiger partial charge is 0.387 e. The van der Waals surface area contributed by atoms with E-state index in [0.717, 1.165) is 12.1 Å². The van der Waals surface area contributed by atoms with Crippen LogP contribution in [-0.2, 0) is 11.3 Å². The molecule has 0 atom stereocenters. The second-order valence-electron chi connectivity index (χ2n) is 4.54. The van der Waals surface area contributed by atoms with Crippen molar-refractivity contribution >= 4 is 0 Å². The maximum absolute atomic E-state index is 12.3. The van der Waals surface area contributed by atoms with Gasteiger partial charge < -0.3 is 9.47 Å². The number of alkyl halides is 2. The van der Waals surface area contributed by atoms with Crippen LogP contribution < -0.4 is 4.74 Å². The van der Waals surface area contributed by atoms with Gasteiger partial charge in [0.1, 0.15) is 5.75 Å². The highest BCUT2D eigenvalue weighted by Gasteiger charge is 2.14. The molecule has 0 bridgehead atoms. The predicted octanol–water partition coefficient (Wildman–Crippen LogP) is 3.14. The van der Waals surface area contributed by atoms with Crippen LogP contribution in [0.2, 0.25) is 0 Å². The third-order valence-electron chi connectivity index (χ3n) is 2.88. The van der Waals surface area contributed by atoms with Gasteiger partial charge in [0.05, 0.1) is 6.61 Å². The first-order valence-corrected chi connectivity index (χ1v) is 6.30. The molecule has 0 aromatic heterocycles. The van der Waals surface area contributed by atoms with Crippen LogP contribution in [-0.4, -0.2) is 37.8 Å². The van der Waals surface area contributed by atoms with Gasteiger partial charge in [-0.15, -0.1) is 0 Å². The van der Waals surface area contributed by atoms with Crippen molar-refractivity contribution in [1.82, 2.24) is 4.90 Å². The normalized spacial score (nSPS) is 11.6. The van der Waals surface area contributed by atoms with E-state index in [1.165, 1.54) is 0 Å². The summed E-state index contributed by atoms with van der Waals surface area (Å²) >= 11 is 0. The van der Waals surface area contributed by atoms with Gasteiger partial charge in [-0.1, -0.05) is 18.2 Å². The van der Waals surface area contributed by atoms with Crippen molar-refractivity contribution in [2.75, 3.05) is 20.3 Å². The van der Waals surface area contributed by atoms with E-state index in [0.29, 0.717) is 19.2 Å². The molecule has 0 aliphatic rings. The van der Waals surface area contributed by atoms with E-state index in [4.69, 9.17) is 4.74 Å². The number of halogens is 2. The molecule has 108 valence electrons. The van der Waals surface area contributed by atoms with Gasteiger partial charge in [0.15, 0.2) is 0 Å². The standard InChI is InChI=1S/C14H21F2NO2/c1-11(2)17(8-9-18-3)10-12-6-4-5-7-13(12)19-14(15)16/h4-7,11,14H,8-10H2,1-3H3. The maximum Gasteiger partial charge on any atom is 0.387 e. The van der Waals surface area contributed by atoms with Crippen LogP contribution in [0.1, 0.15) is 19.4 Å². The Balaban J connectivity index is 2.77. The zero-order valence-electron chi connectivity index (χ0n) is 11.6. The van der Waals surface area contributed by atoms with Gasteiger partial charge in [-0.25, -0.2) is 0 Å². The third kappa shape index (κ3) is 5.53. The number of ether oxygens (including phenoxy) is 2. The van der Waals surface area contributed by atoms with Gasteiger partial charge in [-0.2, -0.15) is 8.78 Å². The Hall–Kier alpha value is -1.20. The van der Waals surface area contributed by atoms with Crippen LogP contribution in [0.25, 0.3) is 0 Å². The van der Waals surface area contributed by atoms with Gasteiger partial charge in [-0.05, 0) is 19.9 Å². The highest BCUT2D eigenvalue weighted by Crippen LogP contribution is 2.22. The number of para-hydroxylation sites is 1. The summed E-state index contributed by atoms with van der Waals surface area (Å²) in [6.07, 6.45) is 0. The monoisotopic (exact) mass is 273 g/mol. The molecule has 0 amide bonds. The van der Waals surface area contributed by atoms with Crippen molar-refractivity contribution in [3.63, 3.8) is 0 Å². The minimum Gasteiger partial charge on any atom is -0.434 e. The number of hydrogen-bond donors (Lipinski definition) is 0. The minimum atomic E-state index is -2.80. The number of hydrogen-bond acceptors (Lipinski definition) is 3. The van der Waals surface area contributed by atoms with Crippen LogP contribution in [0.5, 0.6) is 5.75 Å². The third-order valence-corrected chi connectivity index (χ3v) is 2.88. The van der Waals surface area contributed by atoms with E-state index in [1.807, 2.05) is 6.07 Å². The maximum atomic E-state index is 12.3. The van der Waals surface area contributed by atoms with Crippen LogP contribution in [0.4, 0.5) is 8.78 Å². The van der Waals surface area contributed by atoms with Crippen molar-refractivity contribution in [2.24, 2.45) is 0 Å². The van der Waals surface area contributed by atoms with E-state index in [9.17, 15) is 8.78 Å². The van der Waals surface area contributed by atoms with Gasteiger partial charge in [0, 0.05) is 31.8 Å². The molecular weight excluding hydrogens is 252 g/mol. The van der Waals surface area contributed by atoms with E-state index >= 15 is 0 Å². The molecule has 0 radical (unpaired) electrons. The summed E-state index contributed by atoms with van der Waals surface area (Å²) in [6, 6.07) is 7.18. The van der Waals surface area contributed by atoms with Gasteiger partial charge in [0.25, 0.3) is 0 Å². The Morgan fingerprint density at radius 3 is 2.47 bits per heavy atom. The van der Waals surface area contributed by atoms with E-state index < -0.39 is 6.61 Å². The fraction of sp³-hybridized carbons (Fsp3) is 0.571. The lowest BCUT2D eigenvalue weighted by atomic mass is 10.1. The SMILES string of the molecule is COCCN(Cc1ccccc1OC(F)F)C(C)C. The molecule has 0 saturated carbocycles. The summed E-state index contributed by atoms with van der Waals surface area (Å²) in [5, 5.41) is 0. The second kappa shape index (κ2) is 8.07. The Kier molecular flexibility index (Phi) is 6.73. The molecule has 0 N–H and O–H groups in total. The Labute approximate surface area is 113 Å². The molecule has 0 aliphatic carbocycles. The largest absolute Gasteiger partial charge is 0.434 e. The first-order chi connectivity index (χ1) is 9.04. The molecular formula is C14H21F2NO2.